The van der Waals surface area contributed by atoms with Crippen LogP contribution >= 0.6 is 0 Å². The normalized spacial score (nSPS) is 11.7. The van der Waals surface area contributed by atoms with E-state index in [4.69, 9.17) is 19.4 Å². The first-order valence-electron chi connectivity index (χ1n) is 9.91. The first-order chi connectivity index (χ1) is 13.9. The Morgan fingerprint density at radius 1 is 1.21 bits per heavy atom. The molecule has 0 atom stereocenters. The molecule has 3 rings (SSSR count). The van der Waals surface area contributed by atoms with Gasteiger partial charge in [-0.1, -0.05) is 18.2 Å². The quantitative estimate of drug-likeness (QED) is 0.496. The van der Waals surface area contributed by atoms with Gasteiger partial charge in [0.25, 0.3) is 0 Å². The number of benzene rings is 1. The van der Waals surface area contributed by atoms with Gasteiger partial charge in [-0.05, 0) is 40.2 Å². The molecular formula is C21H29N5O3. The number of H-pyrrole nitrogens is 1. The number of alkyl carbamates (subject to hydrolysis) is 1. The minimum atomic E-state index is -0.405. The molecule has 0 aliphatic carbocycles. The van der Waals surface area contributed by atoms with Crippen LogP contribution in [0.15, 0.2) is 24.3 Å². The lowest BCUT2D eigenvalue weighted by Gasteiger charge is -2.19. The minimum Gasteiger partial charge on any atom is -0.449 e. The Labute approximate surface area is 170 Å². The SMILES string of the molecule is CCOCc1nc2c([nH]1)c(NCCCOC(=O)NC(C)(C)C)nc1ccccc12. The molecule has 1 amide bonds. The summed E-state index contributed by atoms with van der Waals surface area (Å²) < 4.78 is 10.7. The molecule has 156 valence electrons. The molecule has 2 heterocycles. The highest BCUT2D eigenvalue weighted by Crippen LogP contribution is 2.27. The van der Waals surface area contributed by atoms with Crippen molar-refractivity contribution >= 4 is 33.8 Å². The van der Waals surface area contributed by atoms with Gasteiger partial charge in [0.15, 0.2) is 5.82 Å². The number of anilines is 1. The van der Waals surface area contributed by atoms with Crippen molar-refractivity contribution in [3.05, 3.63) is 30.1 Å². The zero-order chi connectivity index (χ0) is 20.9. The predicted octanol–water partition coefficient (Wildman–Crippen LogP) is 3.97. The number of fused-ring (bicyclic) bond motifs is 3. The minimum absolute atomic E-state index is 0.310. The van der Waals surface area contributed by atoms with Gasteiger partial charge in [-0.15, -0.1) is 0 Å². The van der Waals surface area contributed by atoms with E-state index in [0.29, 0.717) is 32.8 Å². The van der Waals surface area contributed by atoms with Gasteiger partial charge in [-0.2, -0.15) is 0 Å². The van der Waals surface area contributed by atoms with Crippen molar-refractivity contribution in [2.24, 2.45) is 0 Å². The first kappa shape index (κ1) is 20.9. The fourth-order valence-electron chi connectivity index (χ4n) is 2.92. The third-order valence-electron chi connectivity index (χ3n) is 4.15. The van der Waals surface area contributed by atoms with Crippen LogP contribution in [0.1, 0.15) is 39.9 Å². The zero-order valence-corrected chi connectivity index (χ0v) is 17.5. The summed E-state index contributed by atoms with van der Waals surface area (Å²) in [6.07, 6.45) is 0.255. The summed E-state index contributed by atoms with van der Waals surface area (Å²) in [5.41, 5.74) is 2.28. The molecular weight excluding hydrogens is 370 g/mol. The lowest BCUT2D eigenvalue weighted by molar-refractivity contribution is 0.129. The summed E-state index contributed by atoms with van der Waals surface area (Å²) in [4.78, 5) is 24.5. The van der Waals surface area contributed by atoms with Crippen LogP contribution in [-0.4, -0.2) is 46.3 Å². The maximum Gasteiger partial charge on any atom is 0.407 e. The summed E-state index contributed by atoms with van der Waals surface area (Å²) in [5, 5.41) is 7.10. The number of aromatic amines is 1. The number of para-hydroxylation sites is 1. The average molecular weight is 399 g/mol. The molecule has 29 heavy (non-hydrogen) atoms. The summed E-state index contributed by atoms with van der Waals surface area (Å²) in [6.45, 7) is 9.69. The number of carbonyl (C=O) groups excluding carboxylic acids is 1. The Hall–Kier alpha value is -2.87. The molecule has 0 saturated carbocycles. The van der Waals surface area contributed by atoms with Gasteiger partial charge in [0.2, 0.25) is 0 Å². The number of rotatable bonds is 8. The van der Waals surface area contributed by atoms with Crippen molar-refractivity contribution < 1.29 is 14.3 Å². The number of nitrogens with one attached hydrogen (secondary N) is 3. The molecule has 0 aliphatic heterocycles. The Kier molecular flexibility index (Phi) is 6.53. The second-order valence-electron chi connectivity index (χ2n) is 7.81. The van der Waals surface area contributed by atoms with Crippen molar-refractivity contribution in [2.45, 2.75) is 46.3 Å². The van der Waals surface area contributed by atoms with Crippen molar-refractivity contribution in [3.63, 3.8) is 0 Å². The van der Waals surface area contributed by atoms with E-state index in [1.165, 1.54) is 0 Å². The number of nitrogens with zero attached hydrogens (tertiary/aromatic N) is 2. The van der Waals surface area contributed by atoms with Gasteiger partial charge in [0.05, 0.1) is 12.1 Å². The maximum absolute atomic E-state index is 11.7. The fraction of sp³-hybridized carbons (Fsp3) is 0.476. The van der Waals surface area contributed by atoms with Crippen LogP contribution in [0.2, 0.25) is 0 Å². The number of imidazole rings is 1. The lowest BCUT2D eigenvalue weighted by Crippen LogP contribution is -2.41. The molecule has 1 aromatic carbocycles. The number of ether oxygens (including phenoxy) is 2. The van der Waals surface area contributed by atoms with Crippen molar-refractivity contribution in [1.29, 1.82) is 0 Å². The first-order valence-corrected chi connectivity index (χ1v) is 9.91. The Balaban J connectivity index is 1.68. The number of amides is 1. The van der Waals surface area contributed by atoms with E-state index in [1.807, 2.05) is 52.0 Å². The highest BCUT2D eigenvalue weighted by molar-refractivity contribution is 6.06. The number of pyridine rings is 1. The van der Waals surface area contributed by atoms with E-state index in [1.54, 1.807) is 0 Å². The molecule has 2 aromatic heterocycles. The molecule has 0 saturated heterocycles. The average Bonchev–Trinajstić information content (AvgIpc) is 3.09. The molecule has 3 N–H and O–H groups in total. The lowest BCUT2D eigenvalue weighted by atomic mass is 10.1. The Morgan fingerprint density at radius 3 is 2.76 bits per heavy atom. The molecule has 0 aliphatic rings. The van der Waals surface area contributed by atoms with Gasteiger partial charge >= 0.3 is 6.09 Å². The van der Waals surface area contributed by atoms with E-state index >= 15 is 0 Å². The van der Waals surface area contributed by atoms with Gasteiger partial charge in [0, 0.05) is 24.1 Å². The number of aromatic nitrogens is 3. The Bertz CT molecular complexity index is 978. The topological polar surface area (TPSA) is 101 Å². The molecule has 8 nitrogen and oxygen atoms in total. The van der Waals surface area contributed by atoms with Crippen LogP contribution in [-0.2, 0) is 16.1 Å². The van der Waals surface area contributed by atoms with Crippen molar-refractivity contribution in [1.82, 2.24) is 20.3 Å². The molecule has 0 radical (unpaired) electrons. The second kappa shape index (κ2) is 9.09. The van der Waals surface area contributed by atoms with E-state index in [0.717, 1.165) is 33.6 Å². The summed E-state index contributed by atoms with van der Waals surface area (Å²) >= 11 is 0. The molecule has 0 fully saturated rings. The van der Waals surface area contributed by atoms with Crippen molar-refractivity contribution in [3.8, 4) is 0 Å². The largest absolute Gasteiger partial charge is 0.449 e. The van der Waals surface area contributed by atoms with Gasteiger partial charge in [-0.3, -0.25) is 0 Å². The monoisotopic (exact) mass is 399 g/mol. The molecule has 0 unspecified atom stereocenters. The van der Waals surface area contributed by atoms with Crippen LogP contribution in [0, 0.1) is 0 Å². The number of carbonyl (C=O) groups is 1. The van der Waals surface area contributed by atoms with Crippen LogP contribution in [0.25, 0.3) is 21.9 Å². The molecule has 8 heteroatoms. The molecule has 3 aromatic rings. The predicted molar refractivity (Wildman–Crippen MR) is 114 cm³/mol. The van der Waals surface area contributed by atoms with E-state index in [2.05, 4.69) is 15.6 Å². The van der Waals surface area contributed by atoms with Crippen LogP contribution < -0.4 is 10.6 Å². The summed E-state index contributed by atoms with van der Waals surface area (Å²) in [7, 11) is 0. The fourth-order valence-corrected chi connectivity index (χ4v) is 2.92. The highest BCUT2D eigenvalue weighted by atomic mass is 16.5. The standard InChI is InChI=1S/C21H29N5O3/c1-5-28-13-16-24-17-14-9-6-7-10-15(14)23-19(18(17)25-16)22-11-8-12-29-20(27)26-21(2,3)4/h6-7,9-10H,5,8,11-13H2,1-4H3,(H,22,23)(H,24,25)(H,26,27). The smallest absolute Gasteiger partial charge is 0.407 e. The van der Waals surface area contributed by atoms with E-state index < -0.39 is 6.09 Å². The third-order valence-corrected chi connectivity index (χ3v) is 4.15. The second-order valence-corrected chi connectivity index (χ2v) is 7.81. The summed E-state index contributed by atoms with van der Waals surface area (Å²) in [6, 6.07) is 7.92. The maximum atomic E-state index is 11.7. The third kappa shape index (κ3) is 5.57. The molecule has 0 bridgehead atoms. The zero-order valence-electron chi connectivity index (χ0n) is 17.5. The Morgan fingerprint density at radius 2 is 2.00 bits per heavy atom. The summed E-state index contributed by atoms with van der Waals surface area (Å²) in [5.74, 6) is 1.50. The van der Waals surface area contributed by atoms with Gasteiger partial charge < -0.3 is 25.1 Å². The van der Waals surface area contributed by atoms with Gasteiger partial charge in [-0.25, -0.2) is 14.8 Å². The number of hydrogen-bond donors (Lipinski definition) is 3. The van der Waals surface area contributed by atoms with E-state index in [-0.39, 0.29) is 5.54 Å². The molecule has 0 spiro atoms. The van der Waals surface area contributed by atoms with Crippen molar-refractivity contribution in [2.75, 3.05) is 25.1 Å². The van der Waals surface area contributed by atoms with E-state index in [9.17, 15) is 4.79 Å². The highest BCUT2D eigenvalue weighted by Gasteiger charge is 2.15. The van der Waals surface area contributed by atoms with Crippen LogP contribution in [0.4, 0.5) is 10.6 Å². The van der Waals surface area contributed by atoms with Gasteiger partial charge in [0.1, 0.15) is 23.5 Å². The number of hydrogen-bond acceptors (Lipinski definition) is 6. The van der Waals surface area contributed by atoms with Crippen LogP contribution in [0.5, 0.6) is 0 Å². The van der Waals surface area contributed by atoms with Crippen LogP contribution in [0.3, 0.4) is 0 Å².